The van der Waals surface area contributed by atoms with E-state index in [1.165, 1.54) is 6.92 Å². The summed E-state index contributed by atoms with van der Waals surface area (Å²) < 4.78 is 0. The fourth-order valence-electron chi connectivity index (χ4n) is 0.954. The number of Topliss-reactive ketones (excluding diaryl/α,β-unsaturated/α-hetero) is 1. The van der Waals surface area contributed by atoms with Gasteiger partial charge in [-0.25, -0.2) is 0 Å². The lowest BCUT2D eigenvalue weighted by atomic mass is 9.93. The average molecular weight is 157 g/mol. The van der Waals surface area contributed by atoms with Crippen molar-refractivity contribution < 1.29 is 9.59 Å². The summed E-state index contributed by atoms with van der Waals surface area (Å²) in [5.41, 5.74) is 5.03. The summed E-state index contributed by atoms with van der Waals surface area (Å²) in [6.45, 7) is 5.32. The van der Waals surface area contributed by atoms with Crippen LogP contribution in [0.25, 0.3) is 0 Å². The molecule has 0 aromatic rings. The Morgan fingerprint density at radius 3 is 1.91 bits per heavy atom. The summed E-state index contributed by atoms with van der Waals surface area (Å²) >= 11 is 0. The average Bonchev–Trinajstić information content (AvgIpc) is 1.81. The summed E-state index contributed by atoms with van der Waals surface area (Å²) in [5, 5.41) is 0. The topological polar surface area (TPSA) is 60.2 Å². The first-order valence-electron chi connectivity index (χ1n) is 3.75. The van der Waals surface area contributed by atoms with E-state index >= 15 is 0 Å². The molecule has 1 amide bonds. The van der Waals surface area contributed by atoms with E-state index in [1.807, 2.05) is 13.8 Å². The van der Waals surface area contributed by atoms with Crippen LogP contribution in [-0.2, 0) is 9.59 Å². The minimum absolute atomic E-state index is 0.133. The molecule has 0 aliphatic rings. The fraction of sp³-hybridized carbons (Fsp3) is 0.750. The number of carbonyl (C=O) groups is 2. The SMILES string of the molecule is CC(=O)C(CC(C)C)C(N)=O. The van der Waals surface area contributed by atoms with Crippen LogP contribution in [0.1, 0.15) is 27.2 Å². The first kappa shape index (κ1) is 10.1. The zero-order valence-electron chi connectivity index (χ0n) is 7.26. The lowest BCUT2D eigenvalue weighted by Crippen LogP contribution is -2.29. The van der Waals surface area contributed by atoms with Crippen molar-refractivity contribution in [2.45, 2.75) is 27.2 Å². The second-order valence-corrected chi connectivity index (χ2v) is 3.20. The Bertz CT molecular complexity index is 149. The van der Waals surface area contributed by atoms with Crippen molar-refractivity contribution in [1.82, 2.24) is 0 Å². The van der Waals surface area contributed by atoms with Crippen LogP contribution in [-0.4, -0.2) is 11.7 Å². The normalized spacial score (nSPS) is 13.1. The van der Waals surface area contributed by atoms with E-state index < -0.39 is 11.8 Å². The maximum absolute atomic E-state index is 10.8. The first-order valence-corrected chi connectivity index (χ1v) is 3.75. The molecular weight excluding hydrogens is 142 g/mol. The highest BCUT2D eigenvalue weighted by molar-refractivity contribution is 5.99. The van der Waals surface area contributed by atoms with E-state index in [4.69, 9.17) is 5.73 Å². The zero-order valence-corrected chi connectivity index (χ0v) is 7.26. The molecule has 0 fully saturated rings. The molecule has 0 saturated carbocycles. The molecule has 3 nitrogen and oxygen atoms in total. The zero-order chi connectivity index (χ0) is 9.02. The summed E-state index contributed by atoms with van der Waals surface area (Å²) in [7, 11) is 0. The summed E-state index contributed by atoms with van der Waals surface area (Å²) in [6.07, 6.45) is 0.560. The van der Waals surface area contributed by atoms with Crippen molar-refractivity contribution >= 4 is 11.7 Å². The molecule has 0 bridgehead atoms. The number of rotatable bonds is 4. The lowest BCUT2D eigenvalue weighted by molar-refractivity contribution is -0.131. The molecule has 2 N–H and O–H groups in total. The van der Waals surface area contributed by atoms with E-state index in [0.29, 0.717) is 12.3 Å². The van der Waals surface area contributed by atoms with Crippen LogP contribution in [0.5, 0.6) is 0 Å². The van der Waals surface area contributed by atoms with Gasteiger partial charge in [-0.1, -0.05) is 13.8 Å². The van der Waals surface area contributed by atoms with Crippen molar-refractivity contribution in [3.05, 3.63) is 0 Å². The van der Waals surface area contributed by atoms with E-state index in [1.54, 1.807) is 0 Å². The van der Waals surface area contributed by atoms with E-state index in [0.717, 1.165) is 0 Å². The van der Waals surface area contributed by atoms with Gasteiger partial charge in [-0.3, -0.25) is 9.59 Å². The van der Waals surface area contributed by atoms with Crippen LogP contribution < -0.4 is 5.73 Å². The molecule has 1 atom stereocenters. The van der Waals surface area contributed by atoms with Gasteiger partial charge in [0.2, 0.25) is 5.91 Å². The van der Waals surface area contributed by atoms with Gasteiger partial charge in [0.25, 0.3) is 0 Å². The number of hydrogen-bond acceptors (Lipinski definition) is 2. The Labute approximate surface area is 67.0 Å². The highest BCUT2D eigenvalue weighted by atomic mass is 16.2. The Kier molecular flexibility index (Phi) is 3.79. The van der Waals surface area contributed by atoms with Gasteiger partial charge in [0.1, 0.15) is 5.78 Å². The minimum atomic E-state index is -0.588. The predicted molar refractivity (Wildman–Crippen MR) is 42.8 cm³/mol. The van der Waals surface area contributed by atoms with Gasteiger partial charge < -0.3 is 5.73 Å². The van der Waals surface area contributed by atoms with Gasteiger partial charge in [0.05, 0.1) is 5.92 Å². The summed E-state index contributed by atoms with van der Waals surface area (Å²) in [5.74, 6) is -0.899. The van der Waals surface area contributed by atoms with E-state index in [9.17, 15) is 9.59 Å². The fourth-order valence-corrected chi connectivity index (χ4v) is 0.954. The first-order chi connectivity index (χ1) is 4.95. The van der Waals surface area contributed by atoms with Crippen molar-refractivity contribution in [2.24, 2.45) is 17.6 Å². The molecule has 0 rings (SSSR count). The molecule has 0 radical (unpaired) electrons. The number of primary amides is 1. The third-order valence-corrected chi connectivity index (χ3v) is 1.54. The molecular formula is C8H15NO2. The molecule has 0 aromatic heterocycles. The maximum atomic E-state index is 10.8. The van der Waals surface area contributed by atoms with Crippen LogP contribution in [0.15, 0.2) is 0 Å². The van der Waals surface area contributed by atoms with Crippen molar-refractivity contribution in [1.29, 1.82) is 0 Å². The largest absolute Gasteiger partial charge is 0.369 e. The molecule has 0 heterocycles. The second kappa shape index (κ2) is 4.11. The minimum Gasteiger partial charge on any atom is -0.369 e. The Balaban J connectivity index is 4.12. The summed E-state index contributed by atoms with van der Waals surface area (Å²) in [6, 6.07) is 0. The van der Waals surface area contributed by atoms with Gasteiger partial charge >= 0.3 is 0 Å². The monoisotopic (exact) mass is 157 g/mol. The van der Waals surface area contributed by atoms with E-state index in [-0.39, 0.29) is 5.78 Å². The van der Waals surface area contributed by atoms with Crippen molar-refractivity contribution in [3.63, 3.8) is 0 Å². The molecule has 0 aromatic carbocycles. The molecule has 64 valence electrons. The smallest absolute Gasteiger partial charge is 0.227 e. The Hall–Kier alpha value is -0.860. The predicted octanol–water partition coefficient (Wildman–Crippen LogP) is 0.723. The van der Waals surface area contributed by atoms with Gasteiger partial charge in [-0.15, -0.1) is 0 Å². The van der Waals surface area contributed by atoms with Gasteiger partial charge in [0.15, 0.2) is 0 Å². The van der Waals surface area contributed by atoms with Crippen LogP contribution in [0.2, 0.25) is 0 Å². The number of nitrogens with two attached hydrogens (primary N) is 1. The number of hydrogen-bond donors (Lipinski definition) is 1. The van der Waals surface area contributed by atoms with Crippen molar-refractivity contribution in [2.75, 3.05) is 0 Å². The number of carbonyl (C=O) groups excluding carboxylic acids is 2. The van der Waals surface area contributed by atoms with Crippen LogP contribution in [0.4, 0.5) is 0 Å². The molecule has 0 aliphatic carbocycles. The highest BCUT2D eigenvalue weighted by Gasteiger charge is 2.20. The molecule has 0 aliphatic heterocycles. The summed E-state index contributed by atoms with van der Waals surface area (Å²) in [4.78, 5) is 21.5. The molecule has 1 unspecified atom stereocenters. The molecule has 0 saturated heterocycles. The third-order valence-electron chi connectivity index (χ3n) is 1.54. The Morgan fingerprint density at radius 1 is 1.36 bits per heavy atom. The van der Waals surface area contributed by atoms with Crippen LogP contribution >= 0.6 is 0 Å². The highest BCUT2D eigenvalue weighted by Crippen LogP contribution is 2.11. The third kappa shape index (κ3) is 3.75. The number of amides is 1. The lowest BCUT2D eigenvalue weighted by Gasteiger charge is -2.11. The molecule has 3 heteroatoms. The van der Waals surface area contributed by atoms with Gasteiger partial charge in [-0.05, 0) is 19.3 Å². The molecule has 0 spiro atoms. The van der Waals surface area contributed by atoms with Crippen LogP contribution in [0.3, 0.4) is 0 Å². The van der Waals surface area contributed by atoms with E-state index in [2.05, 4.69) is 0 Å². The maximum Gasteiger partial charge on any atom is 0.227 e. The second-order valence-electron chi connectivity index (χ2n) is 3.20. The van der Waals surface area contributed by atoms with Gasteiger partial charge in [-0.2, -0.15) is 0 Å². The quantitative estimate of drug-likeness (QED) is 0.611. The molecule has 11 heavy (non-hydrogen) atoms. The van der Waals surface area contributed by atoms with Crippen LogP contribution in [0, 0.1) is 11.8 Å². The number of ketones is 1. The Morgan fingerprint density at radius 2 is 1.82 bits per heavy atom. The van der Waals surface area contributed by atoms with Gasteiger partial charge in [0, 0.05) is 0 Å². The standard InChI is InChI=1S/C8H15NO2/c1-5(2)4-7(6(3)10)8(9)11/h5,7H,4H2,1-3H3,(H2,9,11). The van der Waals surface area contributed by atoms with Crippen molar-refractivity contribution in [3.8, 4) is 0 Å².